The van der Waals surface area contributed by atoms with Crippen molar-refractivity contribution >= 4 is 0 Å². The molecule has 0 radical (unpaired) electrons. The summed E-state index contributed by atoms with van der Waals surface area (Å²) < 4.78 is 17.6. The third-order valence-corrected chi connectivity index (χ3v) is 15.1. The van der Waals surface area contributed by atoms with Crippen molar-refractivity contribution in [1.82, 2.24) is 13.9 Å². The third kappa shape index (κ3) is 4.51. The first kappa shape index (κ1) is 33.5. The average molecular weight is 672 g/mol. The quantitative estimate of drug-likeness (QED) is 0.323. The fourth-order valence-electron chi connectivity index (χ4n) is 12.3. The van der Waals surface area contributed by atoms with Gasteiger partial charge >= 0.3 is 11.4 Å². The summed E-state index contributed by atoms with van der Waals surface area (Å²) in [5, 5.41) is 11.1. The largest absolute Gasteiger partial charge is 0.393 e. The van der Waals surface area contributed by atoms with Gasteiger partial charge in [-0.2, -0.15) is 0 Å². The Morgan fingerprint density at radius 1 is 0.918 bits per heavy atom. The van der Waals surface area contributed by atoms with Gasteiger partial charge in [0.15, 0.2) is 6.29 Å². The molecule has 2 bridgehead atoms. The van der Waals surface area contributed by atoms with Crippen molar-refractivity contribution < 1.29 is 14.6 Å². The number of aromatic nitrogens is 3. The highest BCUT2D eigenvalue weighted by Crippen LogP contribution is 2.74. The Kier molecular flexibility index (Phi) is 7.79. The Morgan fingerprint density at radius 3 is 2.41 bits per heavy atom. The zero-order valence-electron chi connectivity index (χ0n) is 30.4. The topological polar surface area (TPSA) is 87.6 Å². The van der Waals surface area contributed by atoms with Crippen LogP contribution in [0.4, 0.5) is 0 Å². The summed E-state index contributed by atoms with van der Waals surface area (Å²) in [5.74, 6) is 1.46. The van der Waals surface area contributed by atoms with Gasteiger partial charge in [0.25, 0.3) is 0 Å². The number of nitrogens with zero attached hydrogens (tertiary/aromatic N) is 3. The van der Waals surface area contributed by atoms with Crippen molar-refractivity contribution in [3.8, 4) is 5.69 Å². The second-order valence-electron chi connectivity index (χ2n) is 17.7. The van der Waals surface area contributed by atoms with Gasteiger partial charge in [-0.25, -0.2) is 23.5 Å². The molecule has 4 aliphatic carbocycles. The van der Waals surface area contributed by atoms with E-state index in [1.807, 2.05) is 39.7 Å². The standard InChI is InChI=1S/C41H57N3O5/c1-27(15-16-28(2)37(3,4)49-34-14-10-11-25-48-34)31-17-18-32-38(31,5)21-20-33-39(6)22-19-30(45)26-40(39)23-24-41(32,33)44-36(47)42(35(46)43(40)44)29-12-8-7-9-13-29/h7-9,12-13,15-16,23-24,27-28,30-34,45H,10-11,14,17-22,25-26H2,1-6H3/b16-15+/t27-,28+,30+,31-,32-,33-,34?,38-,39-,40-,41+/m1/s1. The van der Waals surface area contributed by atoms with Crippen LogP contribution < -0.4 is 11.4 Å². The van der Waals surface area contributed by atoms with Gasteiger partial charge in [-0.3, -0.25) is 0 Å². The van der Waals surface area contributed by atoms with Crippen LogP contribution in [0.3, 0.4) is 0 Å². The molecule has 1 unspecified atom stereocenters. The molecule has 9 rings (SSSR count). The van der Waals surface area contributed by atoms with Crippen molar-refractivity contribution in [2.75, 3.05) is 6.61 Å². The Labute approximate surface area is 291 Å². The van der Waals surface area contributed by atoms with Crippen molar-refractivity contribution in [3.05, 3.63) is 75.6 Å². The van der Waals surface area contributed by atoms with Crippen molar-refractivity contribution in [2.45, 2.75) is 135 Å². The third-order valence-electron chi connectivity index (χ3n) is 15.1. The van der Waals surface area contributed by atoms with E-state index in [0.717, 1.165) is 64.4 Å². The van der Waals surface area contributed by atoms with Gasteiger partial charge in [0.1, 0.15) is 0 Å². The molecule has 3 aliphatic heterocycles. The smallest absolute Gasteiger partial charge is 0.352 e. The minimum atomic E-state index is -0.733. The number of allylic oxidation sites excluding steroid dienone is 3. The van der Waals surface area contributed by atoms with E-state index in [1.165, 1.54) is 4.57 Å². The molecule has 1 aromatic carbocycles. The summed E-state index contributed by atoms with van der Waals surface area (Å²) in [6.07, 6.45) is 18.3. The second-order valence-corrected chi connectivity index (χ2v) is 17.7. The first-order chi connectivity index (χ1) is 23.3. The van der Waals surface area contributed by atoms with Gasteiger partial charge in [-0.15, -0.1) is 0 Å². The molecule has 2 spiro atoms. The van der Waals surface area contributed by atoms with Gasteiger partial charge < -0.3 is 14.6 Å². The van der Waals surface area contributed by atoms with Crippen LogP contribution in [0.25, 0.3) is 5.69 Å². The molecular formula is C41H57N3O5. The van der Waals surface area contributed by atoms with E-state index in [9.17, 15) is 14.7 Å². The van der Waals surface area contributed by atoms with Gasteiger partial charge in [0.05, 0.1) is 28.5 Å². The first-order valence-corrected chi connectivity index (χ1v) is 19.2. The number of aliphatic hydroxyl groups is 1. The lowest BCUT2D eigenvalue weighted by Crippen LogP contribution is -2.76. The van der Waals surface area contributed by atoms with Gasteiger partial charge in [-0.05, 0) is 113 Å². The van der Waals surface area contributed by atoms with Crippen LogP contribution >= 0.6 is 0 Å². The number of hydrogen-bond acceptors (Lipinski definition) is 5. The van der Waals surface area contributed by atoms with Crippen LogP contribution in [0, 0.1) is 40.4 Å². The van der Waals surface area contributed by atoms with Crippen molar-refractivity contribution in [2.24, 2.45) is 40.4 Å². The van der Waals surface area contributed by atoms with Crippen LogP contribution in [-0.4, -0.2) is 43.6 Å². The highest BCUT2D eigenvalue weighted by molar-refractivity contribution is 5.38. The van der Waals surface area contributed by atoms with E-state index in [-0.39, 0.29) is 51.9 Å². The number of rotatable bonds is 7. The van der Waals surface area contributed by atoms with Gasteiger partial charge in [0, 0.05) is 24.4 Å². The van der Waals surface area contributed by atoms with Crippen LogP contribution in [0.15, 0.2) is 64.2 Å². The molecule has 1 aromatic heterocycles. The molecule has 0 amide bonds. The summed E-state index contributed by atoms with van der Waals surface area (Å²) in [6.45, 7) is 14.6. The Balaban J connectivity index is 1.17. The van der Waals surface area contributed by atoms with E-state index in [4.69, 9.17) is 9.47 Å². The van der Waals surface area contributed by atoms with Crippen LogP contribution in [-0.2, 0) is 20.6 Å². The molecule has 8 nitrogen and oxygen atoms in total. The van der Waals surface area contributed by atoms with E-state index in [2.05, 4.69) is 65.8 Å². The molecule has 1 saturated heterocycles. The van der Waals surface area contributed by atoms with Crippen molar-refractivity contribution in [1.29, 1.82) is 0 Å². The summed E-state index contributed by atoms with van der Waals surface area (Å²) in [6, 6.07) is 9.39. The van der Waals surface area contributed by atoms with Crippen LogP contribution in [0.1, 0.15) is 106 Å². The predicted molar refractivity (Wildman–Crippen MR) is 191 cm³/mol. The fourth-order valence-corrected chi connectivity index (χ4v) is 12.3. The molecule has 49 heavy (non-hydrogen) atoms. The summed E-state index contributed by atoms with van der Waals surface area (Å²) in [4.78, 5) is 29.5. The Hall–Kier alpha value is -2.68. The number of aliphatic hydroxyl groups excluding tert-OH is 1. The number of benzene rings is 1. The number of hydrogen-bond donors (Lipinski definition) is 1. The van der Waals surface area contributed by atoms with E-state index >= 15 is 0 Å². The maximum atomic E-state index is 14.8. The molecule has 2 aromatic rings. The Morgan fingerprint density at radius 2 is 1.67 bits per heavy atom. The lowest BCUT2D eigenvalue weighted by atomic mass is 9.40. The molecule has 1 N–H and O–H groups in total. The molecule has 266 valence electrons. The second kappa shape index (κ2) is 11.4. The zero-order valence-corrected chi connectivity index (χ0v) is 30.4. The maximum Gasteiger partial charge on any atom is 0.352 e. The van der Waals surface area contributed by atoms with Gasteiger partial charge in [-0.1, -0.05) is 70.2 Å². The molecule has 7 aliphatic rings. The molecule has 4 fully saturated rings. The number of fused-ring (bicyclic) bond motifs is 1. The highest BCUT2D eigenvalue weighted by atomic mass is 16.7. The lowest BCUT2D eigenvalue weighted by Gasteiger charge is -2.71. The molecule has 4 heterocycles. The summed E-state index contributed by atoms with van der Waals surface area (Å²) in [5.41, 5.74) is -1.84. The van der Waals surface area contributed by atoms with E-state index in [1.54, 1.807) is 0 Å². The van der Waals surface area contributed by atoms with Crippen LogP contribution in [0.5, 0.6) is 0 Å². The lowest BCUT2D eigenvalue weighted by molar-refractivity contribution is -0.223. The van der Waals surface area contributed by atoms with Gasteiger partial charge in [0.2, 0.25) is 0 Å². The monoisotopic (exact) mass is 671 g/mol. The molecule has 3 saturated carbocycles. The maximum absolute atomic E-state index is 14.8. The Bertz CT molecular complexity index is 1760. The zero-order chi connectivity index (χ0) is 34.6. The minimum absolute atomic E-state index is 0.00711. The summed E-state index contributed by atoms with van der Waals surface area (Å²) in [7, 11) is 0. The van der Waals surface area contributed by atoms with Crippen molar-refractivity contribution in [3.63, 3.8) is 0 Å². The molecule has 11 atom stereocenters. The van der Waals surface area contributed by atoms with Crippen LogP contribution in [0.2, 0.25) is 0 Å². The molecule has 8 heteroatoms. The minimum Gasteiger partial charge on any atom is -0.393 e. The fraction of sp³-hybridized carbons (Fsp3) is 0.707. The highest BCUT2D eigenvalue weighted by Gasteiger charge is 2.75. The first-order valence-electron chi connectivity index (χ1n) is 19.2. The summed E-state index contributed by atoms with van der Waals surface area (Å²) >= 11 is 0. The number of para-hydroxylation sites is 1. The normalized spacial score (nSPS) is 40.8. The predicted octanol–water partition coefficient (Wildman–Crippen LogP) is 6.92. The molecular weight excluding hydrogens is 614 g/mol. The van der Waals surface area contributed by atoms with E-state index < -0.39 is 17.2 Å². The average Bonchev–Trinajstić information content (AvgIpc) is 3.58. The van der Waals surface area contributed by atoms with E-state index in [0.29, 0.717) is 23.9 Å². The number of ether oxygens (including phenoxy) is 2. The SMILES string of the molecule is C[C@H](/C=C/[C@H](C)C(C)(C)OC1CCCCO1)[C@H]1CC[C@@H]2[C@]1(C)CC[C@H]1[C@]23C=C[C@]2(C[C@@H](O)CC[C@]12C)n1c(=O)n(-c2ccccc2)c(=O)n13.